The number of amides is 1. The normalized spacial score (nSPS) is 25.7. The van der Waals surface area contributed by atoms with Crippen molar-refractivity contribution in [2.24, 2.45) is 11.8 Å². The molecule has 1 amide bonds. The first-order valence-corrected chi connectivity index (χ1v) is 8.02. The zero-order chi connectivity index (χ0) is 16.7. The lowest BCUT2D eigenvalue weighted by molar-refractivity contribution is -0.142. The Kier molecular flexibility index (Phi) is 3.51. The molecule has 0 radical (unpaired) electrons. The molecule has 1 aromatic heterocycles. The summed E-state index contributed by atoms with van der Waals surface area (Å²) in [5.41, 5.74) is 1.22. The van der Waals surface area contributed by atoms with E-state index in [-0.39, 0.29) is 11.8 Å². The smallest absolute Gasteiger partial charge is 0.326 e. The van der Waals surface area contributed by atoms with Crippen molar-refractivity contribution in [3.05, 3.63) is 36.2 Å². The quantitative estimate of drug-likeness (QED) is 0.902. The van der Waals surface area contributed by atoms with Crippen molar-refractivity contribution in [3.63, 3.8) is 0 Å². The zero-order valence-corrected chi connectivity index (χ0v) is 12.9. The fraction of sp³-hybridized carbons (Fsp3) is 0.438. The van der Waals surface area contributed by atoms with Crippen LogP contribution in [0.2, 0.25) is 0 Å². The van der Waals surface area contributed by atoms with Crippen LogP contribution in [0.3, 0.4) is 0 Å². The largest absolute Gasteiger partial charge is 0.480 e. The molecule has 1 aliphatic heterocycles. The van der Waals surface area contributed by atoms with Crippen LogP contribution < -0.4 is 0 Å². The fourth-order valence-electron chi connectivity index (χ4n) is 4.03. The Morgan fingerprint density at radius 3 is 2.62 bits per heavy atom. The summed E-state index contributed by atoms with van der Waals surface area (Å²) in [6.07, 6.45) is 4.43. The summed E-state index contributed by atoms with van der Waals surface area (Å²) in [6, 6.07) is 6.16. The van der Waals surface area contributed by atoms with Gasteiger partial charge in [-0.2, -0.15) is 0 Å². The van der Waals surface area contributed by atoms with Gasteiger partial charge in [0.15, 0.2) is 0 Å². The van der Waals surface area contributed by atoms with Gasteiger partial charge in [0, 0.05) is 12.1 Å². The lowest BCUT2D eigenvalue weighted by Crippen LogP contribution is -2.43. The third-order valence-electron chi connectivity index (χ3n) is 5.13. The van der Waals surface area contributed by atoms with E-state index in [1.165, 1.54) is 15.9 Å². The van der Waals surface area contributed by atoms with Crippen LogP contribution in [0.4, 0.5) is 0 Å². The molecular weight excluding hydrogens is 310 g/mol. The molecule has 1 N–H and O–H groups in total. The van der Waals surface area contributed by atoms with Gasteiger partial charge in [-0.15, -0.1) is 5.10 Å². The molecule has 2 aromatic rings. The van der Waals surface area contributed by atoms with Crippen molar-refractivity contribution in [2.75, 3.05) is 6.54 Å². The van der Waals surface area contributed by atoms with Gasteiger partial charge in [-0.3, -0.25) is 4.79 Å². The van der Waals surface area contributed by atoms with Gasteiger partial charge in [0.2, 0.25) is 0 Å². The molecule has 2 aliphatic rings. The van der Waals surface area contributed by atoms with Crippen LogP contribution in [0, 0.1) is 11.8 Å². The van der Waals surface area contributed by atoms with E-state index < -0.39 is 12.0 Å². The third kappa shape index (κ3) is 2.34. The Hall–Kier alpha value is -2.77. The monoisotopic (exact) mass is 327 g/mol. The molecule has 1 aromatic carbocycles. The molecule has 1 saturated heterocycles. The van der Waals surface area contributed by atoms with Crippen LogP contribution in [0.15, 0.2) is 30.6 Å². The Balaban J connectivity index is 1.58. The number of carbonyl (C=O) groups is 2. The topological polar surface area (TPSA) is 101 Å². The summed E-state index contributed by atoms with van der Waals surface area (Å²) >= 11 is 0. The van der Waals surface area contributed by atoms with Crippen LogP contribution >= 0.6 is 0 Å². The number of tetrazole rings is 1. The molecule has 124 valence electrons. The molecule has 4 rings (SSSR count). The lowest BCUT2D eigenvalue weighted by Gasteiger charge is -2.24. The van der Waals surface area contributed by atoms with Crippen molar-refractivity contribution in [3.8, 4) is 5.69 Å². The Bertz CT molecular complexity index is 759. The Morgan fingerprint density at radius 2 is 1.96 bits per heavy atom. The van der Waals surface area contributed by atoms with E-state index in [1.54, 1.807) is 24.3 Å². The van der Waals surface area contributed by atoms with Crippen LogP contribution in [0.25, 0.3) is 5.69 Å². The van der Waals surface area contributed by atoms with Gasteiger partial charge in [0.25, 0.3) is 5.91 Å². The number of benzene rings is 1. The molecule has 0 bridgehead atoms. The average molecular weight is 327 g/mol. The number of aromatic nitrogens is 4. The maximum absolute atomic E-state index is 12.8. The van der Waals surface area contributed by atoms with Gasteiger partial charge in [0.05, 0.1) is 5.69 Å². The highest BCUT2D eigenvalue weighted by Crippen LogP contribution is 2.42. The van der Waals surface area contributed by atoms with Gasteiger partial charge in [-0.25, -0.2) is 9.48 Å². The zero-order valence-electron chi connectivity index (χ0n) is 12.9. The van der Waals surface area contributed by atoms with Crippen LogP contribution in [-0.4, -0.2) is 54.7 Å². The summed E-state index contributed by atoms with van der Waals surface area (Å²) in [4.78, 5) is 26.0. The average Bonchev–Trinajstić information content (AvgIpc) is 3.30. The molecule has 8 heteroatoms. The lowest BCUT2D eigenvalue weighted by atomic mass is 9.94. The van der Waals surface area contributed by atoms with E-state index in [4.69, 9.17) is 0 Å². The van der Waals surface area contributed by atoms with E-state index in [9.17, 15) is 14.7 Å². The number of fused-ring (bicyclic) bond motifs is 1. The molecule has 8 nitrogen and oxygen atoms in total. The van der Waals surface area contributed by atoms with E-state index in [0.717, 1.165) is 24.9 Å². The Morgan fingerprint density at radius 1 is 1.17 bits per heavy atom. The predicted molar refractivity (Wildman–Crippen MR) is 82.4 cm³/mol. The molecule has 0 spiro atoms. The highest BCUT2D eigenvalue weighted by atomic mass is 16.4. The summed E-state index contributed by atoms with van der Waals surface area (Å²) in [6.45, 7) is 0.537. The Labute approximate surface area is 138 Å². The van der Waals surface area contributed by atoms with Crippen molar-refractivity contribution < 1.29 is 14.7 Å². The number of nitrogens with zero attached hydrogens (tertiary/aromatic N) is 5. The number of hydrogen-bond donors (Lipinski definition) is 1. The number of carboxylic acid groups (broad SMARTS) is 1. The molecule has 3 atom stereocenters. The second-order valence-electron chi connectivity index (χ2n) is 6.40. The second kappa shape index (κ2) is 5.70. The van der Waals surface area contributed by atoms with Gasteiger partial charge >= 0.3 is 5.97 Å². The third-order valence-corrected chi connectivity index (χ3v) is 5.13. The van der Waals surface area contributed by atoms with Crippen LogP contribution in [0.1, 0.15) is 29.6 Å². The molecule has 1 saturated carbocycles. The van der Waals surface area contributed by atoms with Gasteiger partial charge in [-0.1, -0.05) is 6.42 Å². The molecule has 3 unspecified atom stereocenters. The number of rotatable bonds is 3. The second-order valence-corrected chi connectivity index (χ2v) is 6.40. The number of likely N-dealkylation sites (tertiary alicyclic amines) is 1. The van der Waals surface area contributed by atoms with Gasteiger partial charge < -0.3 is 10.0 Å². The van der Waals surface area contributed by atoms with E-state index in [2.05, 4.69) is 15.5 Å². The summed E-state index contributed by atoms with van der Waals surface area (Å²) < 4.78 is 1.49. The van der Waals surface area contributed by atoms with E-state index in [1.807, 2.05) is 0 Å². The number of carbonyl (C=O) groups excluding carboxylic acids is 1. The maximum atomic E-state index is 12.8. The van der Waals surface area contributed by atoms with E-state index in [0.29, 0.717) is 18.0 Å². The predicted octanol–water partition coefficient (Wildman–Crippen LogP) is 0.988. The minimum absolute atomic E-state index is 0.0898. The fourth-order valence-corrected chi connectivity index (χ4v) is 4.03. The highest BCUT2D eigenvalue weighted by molar-refractivity contribution is 5.97. The van der Waals surface area contributed by atoms with Crippen LogP contribution in [-0.2, 0) is 4.79 Å². The summed E-state index contributed by atoms with van der Waals surface area (Å²) in [7, 11) is 0. The SMILES string of the molecule is O=C(O)C1C2CCCC2CN1C(=O)c1ccc(-n2cnnn2)cc1. The van der Waals surface area contributed by atoms with Crippen molar-refractivity contribution >= 4 is 11.9 Å². The molecule has 24 heavy (non-hydrogen) atoms. The highest BCUT2D eigenvalue weighted by Gasteiger charge is 2.49. The van der Waals surface area contributed by atoms with Crippen molar-refractivity contribution in [2.45, 2.75) is 25.3 Å². The standard InChI is InChI=1S/C16H17N5O3/c22-15(10-4-6-12(7-5-10)21-9-17-18-19-21)20-8-11-2-1-3-13(11)14(20)16(23)24/h4-7,9,11,13-14H,1-3,8H2,(H,23,24). The molecule has 2 fully saturated rings. The first-order chi connectivity index (χ1) is 11.6. The maximum Gasteiger partial charge on any atom is 0.326 e. The molecule has 2 heterocycles. The first-order valence-electron chi connectivity index (χ1n) is 8.02. The van der Waals surface area contributed by atoms with Crippen molar-refractivity contribution in [1.82, 2.24) is 25.1 Å². The number of hydrogen-bond acceptors (Lipinski definition) is 5. The van der Waals surface area contributed by atoms with E-state index >= 15 is 0 Å². The number of aliphatic carboxylic acids is 1. The first kappa shape index (κ1) is 14.8. The number of carboxylic acids is 1. The van der Waals surface area contributed by atoms with Gasteiger partial charge in [0.1, 0.15) is 12.4 Å². The summed E-state index contributed by atoms with van der Waals surface area (Å²) in [5, 5.41) is 20.5. The minimum Gasteiger partial charge on any atom is -0.480 e. The molecular formula is C16H17N5O3. The van der Waals surface area contributed by atoms with Gasteiger partial charge in [-0.05, 0) is 59.4 Å². The van der Waals surface area contributed by atoms with Crippen LogP contribution in [0.5, 0.6) is 0 Å². The summed E-state index contributed by atoms with van der Waals surface area (Å²) in [5.74, 6) is -0.717. The van der Waals surface area contributed by atoms with Crippen molar-refractivity contribution in [1.29, 1.82) is 0 Å². The minimum atomic E-state index is -0.900. The molecule has 1 aliphatic carbocycles.